The molecule has 0 saturated heterocycles. The van der Waals surface area contributed by atoms with E-state index >= 15 is 0 Å². The summed E-state index contributed by atoms with van der Waals surface area (Å²) in [5, 5.41) is 0. The third-order valence-electron chi connectivity index (χ3n) is 2.85. The summed E-state index contributed by atoms with van der Waals surface area (Å²) in [6.07, 6.45) is 7.23. The monoisotopic (exact) mass is 169 g/mol. The van der Waals surface area contributed by atoms with Gasteiger partial charge in [0.05, 0.1) is 0 Å². The van der Waals surface area contributed by atoms with Crippen LogP contribution in [0.2, 0.25) is 0 Å². The van der Waals surface area contributed by atoms with Crippen LogP contribution in [0.1, 0.15) is 46.0 Å². The number of rotatable bonds is 3. The normalized spacial score (nSPS) is 20.8. The summed E-state index contributed by atoms with van der Waals surface area (Å²) in [5.74, 6) is 0.817. The van der Waals surface area contributed by atoms with Gasteiger partial charge in [-0.3, -0.25) is 0 Å². The Labute approximate surface area is 77.1 Å². The van der Waals surface area contributed by atoms with Gasteiger partial charge < -0.3 is 4.90 Å². The van der Waals surface area contributed by atoms with Crippen molar-refractivity contribution >= 4 is 0 Å². The topological polar surface area (TPSA) is 3.24 Å². The third-order valence-corrected chi connectivity index (χ3v) is 2.85. The Morgan fingerprint density at radius 1 is 1.17 bits per heavy atom. The van der Waals surface area contributed by atoms with E-state index in [9.17, 15) is 0 Å². The van der Waals surface area contributed by atoms with Crippen LogP contribution in [0, 0.1) is 5.92 Å². The van der Waals surface area contributed by atoms with E-state index in [1.807, 2.05) is 0 Å². The lowest BCUT2D eigenvalue weighted by Crippen LogP contribution is -2.35. The fourth-order valence-electron chi connectivity index (χ4n) is 2.25. The Morgan fingerprint density at radius 3 is 2.25 bits per heavy atom. The van der Waals surface area contributed by atoms with Crippen LogP contribution in [0.3, 0.4) is 0 Å². The second kappa shape index (κ2) is 4.86. The van der Waals surface area contributed by atoms with E-state index in [2.05, 4.69) is 25.8 Å². The molecule has 0 aliphatic heterocycles. The molecule has 0 radical (unpaired) electrons. The average Bonchev–Trinajstić information content (AvgIpc) is 2.05. The first-order chi connectivity index (χ1) is 5.70. The van der Waals surface area contributed by atoms with Gasteiger partial charge in [-0.15, -0.1) is 0 Å². The lowest BCUT2D eigenvalue weighted by Gasteiger charge is -2.32. The fraction of sp³-hybridized carbons (Fsp3) is 1.00. The smallest absolute Gasteiger partial charge is 0.00923 e. The molecule has 0 N–H and O–H groups in total. The highest BCUT2D eigenvalue weighted by molar-refractivity contribution is 4.73. The van der Waals surface area contributed by atoms with Crippen LogP contribution in [0.5, 0.6) is 0 Å². The highest BCUT2D eigenvalue weighted by Gasteiger charge is 2.17. The molecule has 0 spiro atoms. The van der Waals surface area contributed by atoms with E-state index in [-0.39, 0.29) is 0 Å². The van der Waals surface area contributed by atoms with Gasteiger partial charge >= 0.3 is 0 Å². The van der Waals surface area contributed by atoms with Gasteiger partial charge in [0.25, 0.3) is 0 Å². The van der Waals surface area contributed by atoms with Gasteiger partial charge in [0.2, 0.25) is 0 Å². The Balaban J connectivity index is 2.24. The van der Waals surface area contributed by atoms with E-state index in [0.717, 1.165) is 12.0 Å². The molecule has 0 amide bonds. The van der Waals surface area contributed by atoms with Crippen LogP contribution in [0.15, 0.2) is 0 Å². The molecular weight excluding hydrogens is 146 g/mol. The highest BCUT2D eigenvalue weighted by Crippen LogP contribution is 2.21. The summed E-state index contributed by atoms with van der Waals surface area (Å²) in [4.78, 5) is 2.56. The summed E-state index contributed by atoms with van der Waals surface area (Å²) in [6, 6.07) is 0.890. The first-order valence-electron chi connectivity index (χ1n) is 5.40. The minimum atomic E-state index is 0.817. The summed E-state index contributed by atoms with van der Waals surface area (Å²) >= 11 is 0. The highest BCUT2D eigenvalue weighted by atomic mass is 15.1. The molecule has 1 nitrogen and oxygen atoms in total. The maximum absolute atomic E-state index is 2.56. The summed E-state index contributed by atoms with van der Waals surface area (Å²) < 4.78 is 0. The van der Waals surface area contributed by atoms with E-state index in [1.165, 1.54) is 38.6 Å². The number of hydrogen-bond donors (Lipinski definition) is 0. The van der Waals surface area contributed by atoms with Crippen LogP contribution in [0.4, 0.5) is 0 Å². The molecule has 0 aromatic rings. The van der Waals surface area contributed by atoms with E-state index in [1.54, 1.807) is 0 Å². The van der Waals surface area contributed by atoms with Gasteiger partial charge in [-0.2, -0.15) is 0 Å². The van der Waals surface area contributed by atoms with Crippen molar-refractivity contribution in [3.63, 3.8) is 0 Å². The Morgan fingerprint density at radius 2 is 1.75 bits per heavy atom. The third kappa shape index (κ3) is 3.14. The maximum atomic E-state index is 2.56. The maximum Gasteiger partial charge on any atom is 0.00923 e. The predicted octanol–water partition coefficient (Wildman–Crippen LogP) is 2.91. The van der Waals surface area contributed by atoms with Gasteiger partial charge in [-0.1, -0.05) is 33.1 Å². The van der Waals surface area contributed by atoms with Crippen molar-refractivity contribution in [3.05, 3.63) is 0 Å². The quantitative estimate of drug-likeness (QED) is 0.628. The fourth-order valence-corrected chi connectivity index (χ4v) is 2.25. The molecule has 1 heteroatoms. The van der Waals surface area contributed by atoms with Gasteiger partial charge in [-0.05, 0) is 25.8 Å². The minimum Gasteiger partial charge on any atom is -0.303 e. The van der Waals surface area contributed by atoms with Crippen molar-refractivity contribution in [1.82, 2.24) is 4.90 Å². The molecule has 0 aromatic heterocycles. The number of nitrogens with zero attached hydrogens (tertiary/aromatic N) is 1. The molecule has 1 rings (SSSR count). The van der Waals surface area contributed by atoms with Crippen molar-refractivity contribution in [2.24, 2.45) is 5.92 Å². The van der Waals surface area contributed by atoms with Crippen molar-refractivity contribution in [2.75, 3.05) is 13.6 Å². The Kier molecular flexibility index (Phi) is 4.07. The van der Waals surface area contributed by atoms with E-state index in [4.69, 9.17) is 0 Å². The SMILES string of the molecule is CC(C)CN(C)C1CCCCC1. The first kappa shape index (κ1) is 10.0. The second-order valence-corrected chi connectivity index (χ2v) is 4.63. The van der Waals surface area contributed by atoms with Crippen LogP contribution >= 0.6 is 0 Å². The Hall–Kier alpha value is -0.0400. The average molecular weight is 169 g/mol. The van der Waals surface area contributed by atoms with Crippen molar-refractivity contribution in [2.45, 2.75) is 52.0 Å². The van der Waals surface area contributed by atoms with E-state index < -0.39 is 0 Å². The first-order valence-corrected chi connectivity index (χ1v) is 5.40. The predicted molar refractivity (Wildman–Crippen MR) is 54.3 cm³/mol. The van der Waals surface area contributed by atoms with Crippen LogP contribution in [-0.4, -0.2) is 24.5 Å². The second-order valence-electron chi connectivity index (χ2n) is 4.63. The molecule has 0 unspecified atom stereocenters. The molecule has 1 fully saturated rings. The van der Waals surface area contributed by atoms with Crippen LogP contribution in [-0.2, 0) is 0 Å². The lowest BCUT2D eigenvalue weighted by molar-refractivity contribution is 0.174. The molecule has 1 aliphatic rings. The molecule has 12 heavy (non-hydrogen) atoms. The zero-order valence-corrected chi connectivity index (χ0v) is 8.84. The Bertz CT molecular complexity index is 114. The molecule has 0 bridgehead atoms. The molecule has 0 atom stereocenters. The molecular formula is C11H23N. The van der Waals surface area contributed by atoms with Crippen LogP contribution < -0.4 is 0 Å². The molecule has 72 valence electrons. The van der Waals surface area contributed by atoms with Gasteiger partial charge in [0, 0.05) is 12.6 Å². The minimum absolute atomic E-state index is 0.817. The summed E-state index contributed by atoms with van der Waals surface area (Å²) in [6.45, 7) is 5.88. The van der Waals surface area contributed by atoms with Gasteiger partial charge in [0.1, 0.15) is 0 Å². The number of hydrogen-bond acceptors (Lipinski definition) is 1. The van der Waals surface area contributed by atoms with Crippen LogP contribution in [0.25, 0.3) is 0 Å². The summed E-state index contributed by atoms with van der Waals surface area (Å²) in [7, 11) is 2.29. The zero-order valence-electron chi connectivity index (χ0n) is 8.84. The summed E-state index contributed by atoms with van der Waals surface area (Å²) in [5.41, 5.74) is 0. The van der Waals surface area contributed by atoms with Crippen molar-refractivity contribution in [1.29, 1.82) is 0 Å². The molecule has 0 heterocycles. The molecule has 1 aliphatic carbocycles. The largest absolute Gasteiger partial charge is 0.303 e. The standard InChI is InChI=1S/C11H23N/c1-10(2)9-12(3)11-7-5-4-6-8-11/h10-11H,4-9H2,1-3H3. The van der Waals surface area contributed by atoms with Gasteiger partial charge in [-0.25, -0.2) is 0 Å². The lowest BCUT2D eigenvalue weighted by atomic mass is 9.94. The molecule has 1 saturated carbocycles. The van der Waals surface area contributed by atoms with Crippen molar-refractivity contribution < 1.29 is 0 Å². The zero-order chi connectivity index (χ0) is 8.97. The van der Waals surface area contributed by atoms with Gasteiger partial charge in [0.15, 0.2) is 0 Å². The molecule has 0 aromatic carbocycles. The van der Waals surface area contributed by atoms with Crippen molar-refractivity contribution in [3.8, 4) is 0 Å². The van der Waals surface area contributed by atoms with E-state index in [0.29, 0.717) is 0 Å².